The Hall–Kier alpha value is -0.410. The van der Waals surface area contributed by atoms with Crippen LogP contribution in [-0.4, -0.2) is 16.1 Å². The SMILES string of the molecule is Cc1cc2c(n1C1CCCSC1)CC(C)(C)CC2N. The molecule has 1 aliphatic heterocycles. The average Bonchev–Trinajstić information content (AvgIpc) is 2.65. The zero-order chi connectivity index (χ0) is 13.6. The molecule has 3 heteroatoms. The van der Waals surface area contributed by atoms with Gasteiger partial charge in [0.2, 0.25) is 0 Å². The summed E-state index contributed by atoms with van der Waals surface area (Å²) in [6.07, 6.45) is 5.00. The van der Waals surface area contributed by atoms with E-state index in [9.17, 15) is 0 Å². The van der Waals surface area contributed by atoms with Gasteiger partial charge in [-0.2, -0.15) is 11.8 Å². The van der Waals surface area contributed by atoms with Gasteiger partial charge in [0.15, 0.2) is 0 Å². The van der Waals surface area contributed by atoms with E-state index in [2.05, 4.69) is 43.2 Å². The second-order valence-corrected chi connectivity index (χ2v) is 8.23. The summed E-state index contributed by atoms with van der Waals surface area (Å²) in [6.45, 7) is 6.98. The van der Waals surface area contributed by atoms with Crippen LogP contribution >= 0.6 is 11.8 Å². The Morgan fingerprint density at radius 2 is 2.21 bits per heavy atom. The van der Waals surface area contributed by atoms with Crippen molar-refractivity contribution in [2.75, 3.05) is 11.5 Å². The number of hydrogen-bond donors (Lipinski definition) is 1. The van der Waals surface area contributed by atoms with Crippen molar-refractivity contribution in [2.24, 2.45) is 11.1 Å². The Kier molecular flexibility index (Phi) is 3.46. The molecule has 1 aromatic heterocycles. The van der Waals surface area contributed by atoms with Gasteiger partial charge in [-0.3, -0.25) is 0 Å². The van der Waals surface area contributed by atoms with Gasteiger partial charge in [-0.1, -0.05) is 13.8 Å². The highest BCUT2D eigenvalue weighted by atomic mass is 32.2. The van der Waals surface area contributed by atoms with E-state index in [4.69, 9.17) is 5.73 Å². The Morgan fingerprint density at radius 1 is 1.42 bits per heavy atom. The highest BCUT2D eigenvalue weighted by Crippen LogP contribution is 2.43. The summed E-state index contributed by atoms with van der Waals surface area (Å²) in [4.78, 5) is 0. The predicted octanol–water partition coefficient (Wildman–Crippen LogP) is 3.84. The Bertz CT molecular complexity index is 469. The fourth-order valence-corrected chi connectivity index (χ4v) is 5.03. The summed E-state index contributed by atoms with van der Waals surface area (Å²) < 4.78 is 2.63. The molecule has 2 nitrogen and oxygen atoms in total. The standard InChI is InChI=1S/C16H26N2S/c1-11-7-13-14(17)8-16(2,3)9-15(13)18(11)12-5-4-6-19-10-12/h7,12,14H,4-6,8-10,17H2,1-3H3. The van der Waals surface area contributed by atoms with E-state index < -0.39 is 0 Å². The number of thioether (sulfide) groups is 1. The molecule has 0 saturated carbocycles. The Labute approximate surface area is 121 Å². The van der Waals surface area contributed by atoms with Crippen LogP contribution in [0.25, 0.3) is 0 Å². The number of nitrogens with two attached hydrogens (primary N) is 1. The zero-order valence-corrected chi connectivity index (χ0v) is 13.2. The average molecular weight is 278 g/mol. The van der Waals surface area contributed by atoms with Gasteiger partial charge in [-0.15, -0.1) is 0 Å². The molecule has 2 aliphatic rings. The fraction of sp³-hybridized carbons (Fsp3) is 0.750. The number of aromatic nitrogens is 1. The molecule has 0 radical (unpaired) electrons. The summed E-state index contributed by atoms with van der Waals surface area (Å²) in [5.74, 6) is 2.61. The molecule has 2 atom stereocenters. The third-order valence-electron chi connectivity index (χ3n) is 4.69. The minimum absolute atomic E-state index is 0.231. The Morgan fingerprint density at radius 3 is 2.89 bits per heavy atom. The van der Waals surface area contributed by atoms with Crippen molar-refractivity contribution in [3.05, 3.63) is 23.0 Å². The lowest BCUT2D eigenvalue weighted by Crippen LogP contribution is -2.31. The molecule has 1 aliphatic carbocycles. The summed E-state index contributed by atoms with van der Waals surface area (Å²) in [6, 6.07) is 3.28. The minimum atomic E-state index is 0.231. The first-order valence-corrected chi connectivity index (χ1v) is 8.67. The molecule has 0 amide bonds. The maximum atomic E-state index is 6.42. The van der Waals surface area contributed by atoms with Gasteiger partial charge < -0.3 is 10.3 Å². The van der Waals surface area contributed by atoms with Crippen molar-refractivity contribution in [1.82, 2.24) is 4.57 Å². The molecule has 1 saturated heterocycles. The van der Waals surface area contributed by atoms with E-state index in [-0.39, 0.29) is 6.04 Å². The van der Waals surface area contributed by atoms with Gasteiger partial charge in [0, 0.05) is 29.2 Å². The molecule has 2 heterocycles. The normalized spacial score (nSPS) is 30.1. The molecular weight excluding hydrogens is 252 g/mol. The second-order valence-electron chi connectivity index (χ2n) is 7.08. The first-order chi connectivity index (χ1) is 8.98. The molecule has 0 bridgehead atoms. The molecule has 19 heavy (non-hydrogen) atoms. The van der Waals surface area contributed by atoms with Crippen LogP contribution < -0.4 is 5.73 Å². The number of rotatable bonds is 1. The van der Waals surface area contributed by atoms with E-state index in [0.717, 1.165) is 6.42 Å². The summed E-state index contributed by atoms with van der Waals surface area (Å²) in [5, 5.41) is 0. The number of hydrogen-bond acceptors (Lipinski definition) is 2. The summed E-state index contributed by atoms with van der Waals surface area (Å²) >= 11 is 2.11. The third-order valence-corrected chi connectivity index (χ3v) is 5.89. The molecular formula is C16H26N2S. The maximum absolute atomic E-state index is 6.42. The van der Waals surface area contributed by atoms with Gasteiger partial charge in [-0.25, -0.2) is 0 Å². The third kappa shape index (κ3) is 2.47. The minimum Gasteiger partial charge on any atom is -0.345 e. The van der Waals surface area contributed by atoms with Crippen molar-refractivity contribution in [3.63, 3.8) is 0 Å². The fourth-order valence-electron chi connectivity index (χ4n) is 3.90. The largest absolute Gasteiger partial charge is 0.345 e. The van der Waals surface area contributed by atoms with Gasteiger partial charge >= 0.3 is 0 Å². The second kappa shape index (κ2) is 4.85. The molecule has 0 spiro atoms. The first kappa shape index (κ1) is 13.6. The van der Waals surface area contributed by atoms with Crippen LogP contribution in [0.3, 0.4) is 0 Å². The zero-order valence-electron chi connectivity index (χ0n) is 12.4. The molecule has 2 N–H and O–H groups in total. The van der Waals surface area contributed by atoms with Crippen molar-refractivity contribution >= 4 is 11.8 Å². The molecule has 3 rings (SSSR count). The highest BCUT2D eigenvalue weighted by molar-refractivity contribution is 7.99. The Balaban J connectivity index is 2.01. The smallest absolute Gasteiger partial charge is 0.0426 e. The lowest BCUT2D eigenvalue weighted by molar-refractivity contribution is 0.271. The van der Waals surface area contributed by atoms with Gasteiger partial charge in [0.25, 0.3) is 0 Å². The van der Waals surface area contributed by atoms with E-state index in [1.165, 1.54) is 47.7 Å². The quantitative estimate of drug-likeness (QED) is 0.846. The van der Waals surface area contributed by atoms with Crippen molar-refractivity contribution in [1.29, 1.82) is 0 Å². The topological polar surface area (TPSA) is 30.9 Å². The molecule has 1 aromatic rings. The molecule has 1 fully saturated rings. The van der Waals surface area contributed by atoms with Crippen LogP contribution in [0.15, 0.2) is 6.07 Å². The van der Waals surface area contributed by atoms with Crippen LogP contribution in [0, 0.1) is 12.3 Å². The molecule has 2 unspecified atom stereocenters. The van der Waals surface area contributed by atoms with E-state index in [1.54, 1.807) is 0 Å². The van der Waals surface area contributed by atoms with Crippen LogP contribution in [0.4, 0.5) is 0 Å². The highest BCUT2D eigenvalue weighted by Gasteiger charge is 2.34. The maximum Gasteiger partial charge on any atom is 0.0426 e. The summed E-state index contributed by atoms with van der Waals surface area (Å²) in [5.41, 5.74) is 11.1. The number of nitrogens with zero attached hydrogens (tertiary/aromatic N) is 1. The van der Waals surface area contributed by atoms with Crippen LogP contribution in [0.2, 0.25) is 0 Å². The summed E-state index contributed by atoms with van der Waals surface area (Å²) in [7, 11) is 0. The monoisotopic (exact) mass is 278 g/mol. The van der Waals surface area contributed by atoms with E-state index >= 15 is 0 Å². The van der Waals surface area contributed by atoms with Crippen molar-refractivity contribution in [2.45, 2.75) is 58.5 Å². The van der Waals surface area contributed by atoms with Gasteiger partial charge in [0.05, 0.1) is 0 Å². The molecule has 106 valence electrons. The lowest BCUT2D eigenvalue weighted by Gasteiger charge is -2.36. The number of aryl methyl sites for hydroxylation is 1. The lowest BCUT2D eigenvalue weighted by atomic mass is 9.74. The predicted molar refractivity (Wildman–Crippen MR) is 83.8 cm³/mol. The van der Waals surface area contributed by atoms with Crippen molar-refractivity contribution < 1.29 is 0 Å². The van der Waals surface area contributed by atoms with Gasteiger partial charge in [-0.05, 0) is 55.4 Å². The number of fused-ring (bicyclic) bond motifs is 1. The van der Waals surface area contributed by atoms with Gasteiger partial charge in [0.1, 0.15) is 0 Å². The first-order valence-electron chi connectivity index (χ1n) is 7.52. The van der Waals surface area contributed by atoms with E-state index in [0.29, 0.717) is 11.5 Å². The van der Waals surface area contributed by atoms with Crippen LogP contribution in [-0.2, 0) is 6.42 Å². The van der Waals surface area contributed by atoms with Crippen molar-refractivity contribution in [3.8, 4) is 0 Å². The van der Waals surface area contributed by atoms with Crippen LogP contribution in [0.1, 0.15) is 62.1 Å². The van der Waals surface area contributed by atoms with Crippen LogP contribution in [0.5, 0.6) is 0 Å². The molecule has 0 aromatic carbocycles. The van der Waals surface area contributed by atoms with E-state index in [1.807, 2.05) is 0 Å².